The second-order valence-corrected chi connectivity index (χ2v) is 2.31. The van der Waals surface area contributed by atoms with Crippen molar-refractivity contribution >= 4 is 0 Å². The molecule has 4 heteroatoms. The van der Waals surface area contributed by atoms with Crippen LogP contribution < -0.4 is 5.73 Å². The number of nitrogens with two attached hydrogens (primary N) is 1. The minimum Gasteiger partial charge on any atom is -0.337 e. The van der Waals surface area contributed by atoms with E-state index in [-0.39, 0.29) is 5.92 Å². The third-order valence-corrected chi connectivity index (χ3v) is 1.56. The Labute approximate surface area is 65.3 Å². The van der Waals surface area contributed by atoms with Crippen LogP contribution in [-0.2, 0) is 7.05 Å². The second kappa shape index (κ2) is 3.17. The van der Waals surface area contributed by atoms with Crippen molar-refractivity contribution in [1.82, 2.24) is 9.55 Å². The van der Waals surface area contributed by atoms with Crippen LogP contribution in [0, 0.1) is 11.3 Å². The van der Waals surface area contributed by atoms with Crippen LogP contribution in [0.15, 0.2) is 12.4 Å². The Morgan fingerprint density at radius 3 is 3.00 bits per heavy atom. The van der Waals surface area contributed by atoms with Gasteiger partial charge in [-0.1, -0.05) is 0 Å². The molecule has 11 heavy (non-hydrogen) atoms. The summed E-state index contributed by atoms with van der Waals surface area (Å²) in [6.07, 6.45) is 3.46. The van der Waals surface area contributed by atoms with Crippen LogP contribution in [-0.4, -0.2) is 16.1 Å². The molecule has 1 rings (SSSR count). The Hall–Kier alpha value is -1.34. The van der Waals surface area contributed by atoms with Gasteiger partial charge in [-0.3, -0.25) is 0 Å². The summed E-state index contributed by atoms with van der Waals surface area (Å²) in [5, 5.41) is 8.64. The van der Waals surface area contributed by atoms with Crippen molar-refractivity contribution in [2.24, 2.45) is 12.8 Å². The van der Waals surface area contributed by atoms with Crippen molar-refractivity contribution in [2.75, 3.05) is 6.54 Å². The Morgan fingerprint density at radius 2 is 2.64 bits per heavy atom. The average Bonchev–Trinajstić information content (AvgIpc) is 2.40. The van der Waals surface area contributed by atoms with Gasteiger partial charge in [-0.2, -0.15) is 5.26 Å². The van der Waals surface area contributed by atoms with Crippen LogP contribution >= 0.6 is 0 Å². The van der Waals surface area contributed by atoms with Gasteiger partial charge in [-0.05, 0) is 0 Å². The van der Waals surface area contributed by atoms with Crippen molar-refractivity contribution in [3.8, 4) is 6.07 Å². The quantitative estimate of drug-likeness (QED) is 0.644. The summed E-state index contributed by atoms with van der Waals surface area (Å²) in [5.74, 6) is 0.449. The molecule has 1 aromatic rings. The van der Waals surface area contributed by atoms with Gasteiger partial charge < -0.3 is 10.3 Å². The summed E-state index contributed by atoms with van der Waals surface area (Å²) in [4.78, 5) is 4.02. The Balaban J connectivity index is 2.92. The zero-order chi connectivity index (χ0) is 8.27. The van der Waals surface area contributed by atoms with E-state index in [0.29, 0.717) is 6.54 Å². The number of hydrogen-bond acceptors (Lipinski definition) is 3. The van der Waals surface area contributed by atoms with E-state index < -0.39 is 0 Å². The lowest BCUT2D eigenvalue weighted by Crippen LogP contribution is -2.14. The van der Waals surface area contributed by atoms with Gasteiger partial charge >= 0.3 is 0 Å². The Morgan fingerprint density at radius 1 is 1.91 bits per heavy atom. The topological polar surface area (TPSA) is 67.6 Å². The molecule has 0 spiro atoms. The van der Waals surface area contributed by atoms with Gasteiger partial charge in [0, 0.05) is 26.0 Å². The standard InChI is InChI=1S/C7H10N4/c1-11-3-2-10-7(11)6(4-8)5-9/h2-3,6H,4,8H2,1H3. The number of rotatable bonds is 2. The second-order valence-electron chi connectivity index (χ2n) is 2.31. The SMILES string of the molecule is Cn1ccnc1C(C#N)CN. The number of hydrogen-bond donors (Lipinski definition) is 1. The van der Waals surface area contributed by atoms with Crippen molar-refractivity contribution in [3.05, 3.63) is 18.2 Å². The van der Waals surface area contributed by atoms with Crippen LogP contribution in [0.5, 0.6) is 0 Å². The molecule has 0 aliphatic carbocycles. The van der Waals surface area contributed by atoms with Gasteiger partial charge in [0.05, 0.1) is 6.07 Å². The minimum absolute atomic E-state index is 0.282. The van der Waals surface area contributed by atoms with Crippen LogP contribution in [0.3, 0.4) is 0 Å². The van der Waals surface area contributed by atoms with Crippen molar-refractivity contribution in [2.45, 2.75) is 5.92 Å². The normalized spacial score (nSPS) is 12.5. The highest BCUT2D eigenvalue weighted by molar-refractivity contribution is 5.10. The van der Waals surface area contributed by atoms with Crippen LogP contribution in [0.25, 0.3) is 0 Å². The van der Waals surface area contributed by atoms with Gasteiger partial charge in [-0.25, -0.2) is 4.98 Å². The first-order valence-electron chi connectivity index (χ1n) is 3.36. The molecule has 0 saturated heterocycles. The number of nitriles is 1. The van der Waals surface area contributed by atoms with E-state index in [4.69, 9.17) is 11.0 Å². The molecule has 1 atom stereocenters. The van der Waals surface area contributed by atoms with E-state index in [1.807, 2.05) is 7.05 Å². The first-order valence-corrected chi connectivity index (χ1v) is 3.36. The van der Waals surface area contributed by atoms with E-state index in [1.54, 1.807) is 17.0 Å². The van der Waals surface area contributed by atoms with Gasteiger partial charge in [0.25, 0.3) is 0 Å². The van der Waals surface area contributed by atoms with E-state index >= 15 is 0 Å². The maximum atomic E-state index is 8.64. The van der Waals surface area contributed by atoms with E-state index in [0.717, 1.165) is 5.82 Å². The molecule has 58 valence electrons. The predicted octanol–water partition coefficient (Wildman–Crippen LogP) is -0.0140. The first kappa shape index (κ1) is 7.76. The molecule has 1 aromatic heterocycles. The molecule has 1 heterocycles. The molecule has 0 fully saturated rings. The highest BCUT2D eigenvalue weighted by atomic mass is 15.0. The molecule has 1 unspecified atom stereocenters. The maximum Gasteiger partial charge on any atom is 0.127 e. The molecular formula is C7H10N4. The zero-order valence-electron chi connectivity index (χ0n) is 6.36. The van der Waals surface area contributed by atoms with E-state index in [9.17, 15) is 0 Å². The van der Waals surface area contributed by atoms with Crippen LogP contribution in [0.4, 0.5) is 0 Å². The molecule has 0 saturated carbocycles. The summed E-state index contributed by atoms with van der Waals surface area (Å²) in [5.41, 5.74) is 5.37. The third-order valence-electron chi connectivity index (χ3n) is 1.56. The van der Waals surface area contributed by atoms with Crippen molar-refractivity contribution in [3.63, 3.8) is 0 Å². The molecule has 0 bridgehead atoms. The number of aryl methyl sites for hydroxylation is 1. The molecular weight excluding hydrogens is 140 g/mol. The van der Waals surface area contributed by atoms with Crippen LogP contribution in [0.2, 0.25) is 0 Å². The highest BCUT2D eigenvalue weighted by Gasteiger charge is 2.11. The lowest BCUT2D eigenvalue weighted by molar-refractivity contribution is 0.723. The highest BCUT2D eigenvalue weighted by Crippen LogP contribution is 2.08. The summed E-state index contributed by atoms with van der Waals surface area (Å²) >= 11 is 0. The molecule has 0 aliphatic rings. The van der Waals surface area contributed by atoms with Crippen molar-refractivity contribution in [1.29, 1.82) is 5.26 Å². The van der Waals surface area contributed by atoms with Crippen molar-refractivity contribution < 1.29 is 0 Å². The monoisotopic (exact) mass is 150 g/mol. The predicted molar refractivity (Wildman–Crippen MR) is 40.6 cm³/mol. The van der Waals surface area contributed by atoms with Gasteiger partial charge in [-0.15, -0.1) is 0 Å². The van der Waals surface area contributed by atoms with Gasteiger partial charge in [0.1, 0.15) is 11.7 Å². The fraction of sp³-hybridized carbons (Fsp3) is 0.429. The average molecular weight is 150 g/mol. The van der Waals surface area contributed by atoms with Gasteiger partial charge in [0.2, 0.25) is 0 Å². The van der Waals surface area contributed by atoms with E-state index in [2.05, 4.69) is 11.1 Å². The largest absolute Gasteiger partial charge is 0.337 e. The number of aromatic nitrogens is 2. The molecule has 0 amide bonds. The summed E-state index contributed by atoms with van der Waals surface area (Å²) in [6.45, 7) is 0.321. The first-order chi connectivity index (χ1) is 5.29. The minimum atomic E-state index is -0.282. The number of nitrogens with zero attached hydrogens (tertiary/aromatic N) is 3. The molecule has 0 radical (unpaired) electrons. The lowest BCUT2D eigenvalue weighted by atomic mass is 10.1. The van der Waals surface area contributed by atoms with Gasteiger partial charge in [0.15, 0.2) is 0 Å². The smallest absolute Gasteiger partial charge is 0.127 e. The summed E-state index contributed by atoms with van der Waals surface area (Å²) < 4.78 is 1.81. The van der Waals surface area contributed by atoms with E-state index in [1.165, 1.54) is 0 Å². The Bertz CT molecular complexity index is 270. The maximum absolute atomic E-state index is 8.64. The Kier molecular flexibility index (Phi) is 2.24. The summed E-state index contributed by atoms with van der Waals surface area (Å²) in [6, 6.07) is 2.09. The molecule has 0 aromatic carbocycles. The van der Waals surface area contributed by atoms with Crippen LogP contribution in [0.1, 0.15) is 11.7 Å². The summed E-state index contributed by atoms with van der Waals surface area (Å²) in [7, 11) is 1.85. The number of imidazole rings is 1. The third kappa shape index (κ3) is 1.38. The molecule has 2 N–H and O–H groups in total. The lowest BCUT2D eigenvalue weighted by Gasteiger charge is -2.04. The molecule has 0 aliphatic heterocycles. The zero-order valence-corrected chi connectivity index (χ0v) is 6.36. The molecule has 4 nitrogen and oxygen atoms in total. The fourth-order valence-corrected chi connectivity index (χ4v) is 0.929. The fourth-order valence-electron chi connectivity index (χ4n) is 0.929.